The second kappa shape index (κ2) is 3.27. The molecule has 1 aromatic heterocycles. The Labute approximate surface area is 94.0 Å². The van der Waals surface area contributed by atoms with E-state index in [1.807, 2.05) is 32.0 Å². The maximum atomic E-state index is 4.64. The predicted octanol–water partition coefficient (Wildman–Crippen LogP) is 3.40. The number of hydrogen-bond acceptors (Lipinski definition) is 2. The van der Waals surface area contributed by atoms with Crippen LogP contribution in [0.5, 0.6) is 0 Å². The molecule has 0 aliphatic carbocycles. The zero-order chi connectivity index (χ0) is 11.1. The Kier molecular flexibility index (Phi) is 1.90. The van der Waals surface area contributed by atoms with Crippen molar-refractivity contribution in [3.63, 3.8) is 0 Å². The Bertz CT molecular complexity index is 687. The van der Waals surface area contributed by atoms with Gasteiger partial charge in [0.25, 0.3) is 0 Å². The van der Waals surface area contributed by atoms with Crippen molar-refractivity contribution in [3.05, 3.63) is 47.8 Å². The fourth-order valence-corrected chi connectivity index (χ4v) is 1.96. The zero-order valence-electron chi connectivity index (χ0n) is 9.36. The van der Waals surface area contributed by atoms with Crippen LogP contribution in [0.2, 0.25) is 0 Å². The van der Waals surface area contributed by atoms with Gasteiger partial charge in [0.15, 0.2) is 0 Å². The van der Waals surface area contributed by atoms with E-state index in [-0.39, 0.29) is 0 Å². The maximum absolute atomic E-state index is 4.64. The van der Waals surface area contributed by atoms with Crippen molar-refractivity contribution in [2.45, 2.75) is 13.8 Å². The highest BCUT2D eigenvalue weighted by molar-refractivity contribution is 6.03. The summed E-state index contributed by atoms with van der Waals surface area (Å²) in [6, 6.07) is 12.4. The molecule has 0 radical (unpaired) electrons. The van der Waals surface area contributed by atoms with Gasteiger partial charge in [0.05, 0.1) is 22.4 Å². The fourth-order valence-electron chi connectivity index (χ4n) is 1.96. The van der Waals surface area contributed by atoms with E-state index < -0.39 is 0 Å². The third kappa shape index (κ3) is 1.27. The Morgan fingerprint density at radius 3 is 2.44 bits per heavy atom. The molecular weight excluding hydrogens is 196 g/mol. The molecule has 0 saturated heterocycles. The average Bonchev–Trinajstić information content (AvgIpc) is 2.31. The smallest absolute Gasteiger partial charge is 0.0968 e. The molecule has 1 heterocycles. The van der Waals surface area contributed by atoms with Gasteiger partial charge in [-0.1, -0.05) is 30.3 Å². The number of aryl methyl sites for hydroxylation is 2. The molecule has 2 nitrogen and oxygen atoms in total. The van der Waals surface area contributed by atoms with Crippen LogP contribution >= 0.6 is 0 Å². The molecule has 3 aromatic rings. The minimum Gasteiger partial charge on any atom is -0.250 e. The minimum absolute atomic E-state index is 0.974. The SMILES string of the molecule is Cc1nc2ccc3ccccc3c2nc1C. The Hall–Kier alpha value is -1.96. The number of fused-ring (bicyclic) bond motifs is 3. The van der Waals surface area contributed by atoms with E-state index in [9.17, 15) is 0 Å². The molecule has 2 heteroatoms. The van der Waals surface area contributed by atoms with E-state index in [2.05, 4.69) is 28.2 Å². The summed E-state index contributed by atoms with van der Waals surface area (Å²) < 4.78 is 0. The molecule has 16 heavy (non-hydrogen) atoms. The number of benzene rings is 2. The first kappa shape index (κ1) is 9.28. The fraction of sp³-hybridized carbons (Fsp3) is 0.143. The molecular formula is C14H12N2. The first-order valence-electron chi connectivity index (χ1n) is 5.38. The standard InChI is InChI=1S/C14H12N2/c1-9-10(2)16-14-12-6-4-3-5-11(12)7-8-13(14)15-9/h3-8H,1-2H3. The molecule has 3 rings (SSSR count). The van der Waals surface area contributed by atoms with Gasteiger partial charge in [-0.2, -0.15) is 0 Å². The van der Waals surface area contributed by atoms with Crippen LogP contribution in [0.4, 0.5) is 0 Å². The monoisotopic (exact) mass is 208 g/mol. The summed E-state index contributed by atoms with van der Waals surface area (Å²) in [7, 11) is 0. The van der Waals surface area contributed by atoms with E-state index in [1.165, 1.54) is 10.8 Å². The second-order valence-electron chi connectivity index (χ2n) is 4.05. The lowest BCUT2D eigenvalue weighted by molar-refractivity contribution is 1.11. The molecule has 2 aromatic carbocycles. The van der Waals surface area contributed by atoms with Crippen LogP contribution in [0.25, 0.3) is 21.8 Å². The number of rotatable bonds is 0. The lowest BCUT2D eigenvalue weighted by Gasteiger charge is -2.05. The highest BCUT2D eigenvalue weighted by Gasteiger charge is 2.04. The van der Waals surface area contributed by atoms with E-state index >= 15 is 0 Å². The molecule has 0 aliphatic rings. The minimum atomic E-state index is 0.974. The molecule has 0 amide bonds. The van der Waals surface area contributed by atoms with Gasteiger partial charge in [0.2, 0.25) is 0 Å². The lowest BCUT2D eigenvalue weighted by Crippen LogP contribution is -1.93. The first-order valence-corrected chi connectivity index (χ1v) is 5.38. The van der Waals surface area contributed by atoms with E-state index in [0.717, 1.165) is 22.4 Å². The van der Waals surface area contributed by atoms with Gasteiger partial charge in [-0.15, -0.1) is 0 Å². The van der Waals surface area contributed by atoms with E-state index in [1.54, 1.807) is 0 Å². The van der Waals surface area contributed by atoms with Crippen LogP contribution in [0, 0.1) is 13.8 Å². The van der Waals surface area contributed by atoms with Gasteiger partial charge in [-0.3, -0.25) is 0 Å². The van der Waals surface area contributed by atoms with Crippen LogP contribution < -0.4 is 0 Å². The van der Waals surface area contributed by atoms with Gasteiger partial charge in [0.1, 0.15) is 0 Å². The Balaban J connectivity index is 2.55. The topological polar surface area (TPSA) is 25.8 Å². The Morgan fingerprint density at radius 1 is 0.812 bits per heavy atom. The summed E-state index contributed by atoms with van der Waals surface area (Å²) in [5, 5.41) is 2.39. The number of aromatic nitrogens is 2. The van der Waals surface area contributed by atoms with Crippen LogP contribution in [-0.2, 0) is 0 Å². The molecule has 0 spiro atoms. The molecule has 0 fully saturated rings. The largest absolute Gasteiger partial charge is 0.250 e. The Morgan fingerprint density at radius 2 is 1.56 bits per heavy atom. The summed E-state index contributed by atoms with van der Waals surface area (Å²) in [6.07, 6.45) is 0. The van der Waals surface area contributed by atoms with Gasteiger partial charge in [0, 0.05) is 5.39 Å². The maximum Gasteiger partial charge on any atom is 0.0968 e. The van der Waals surface area contributed by atoms with Crippen LogP contribution in [0.1, 0.15) is 11.4 Å². The van der Waals surface area contributed by atoms with Crippen molar-refractivity contribution in [1.82, 2.24) is 9.97 Å². The van der Waals surface area contributed by atoms with Crippen molar-refractivity contribution >= 4 is 21.8 Å². The highest BCUT2D eigenvalue weighted by Crippen LogP contribution is 2.23. The predicted molar refractivity (Wildman–Crippen MR) is 66.5 cm³/mol. The third-order valence-corrected chi connectivity index (χ3v) is 2.97. The molecule has 0 aliphatic heterocycles. The molecule has 0 bridgehead atoms. The normalized spacial score (nSPS) is 11.1. The van der Waals surface area contributed by atoms with Crippen LogP contribution in [-0.4, -0.2) is 9.97 Å². The van der Waals surface area contributed by atoms with Crippen molar-refractivity contribution < 1.29 is 0 Å². The third-order valence-electron chi connectivity index (χ3n) is 2.97. The molecule has 0 atom stereocenters. The van der Waals surface area contributed by atoms with Crippen LogP contribution in [0.15, 0.2) is 36.4 Å². The lowest BCUT2D eigenvalue weighted by atomic mass is 10.1. The quantitative estimate of drug-likeness (QED) is 0.529. The number of nitrogens with zero attached hydrogens (tertiary/aromatic N) is 2. The molecule has 0 unspecified atom stereocenters. The van der Waals surface area contributed by atoms with Crippen molar-refractivity contribution in [3.8, 4) is 0 Å². The van der Waals surface area contributed by atoms with Crippen molar-refractivity contribution in [2.24, 2.45) is 0 Å². The van der Waals surface area contributed by atoms with Crippen molar-refractivity contribution in [1.29, 1.82) is 0 Å². The highest BCUT2D eigenvalue weighted by atomic mass is 14.8. The summed E-state index contributed by atoms with van der Waals surface area (Å²) >= 11 is 0. The summed E-state index contributed by atoms with van der Waals surface area (Å²) in [5.74, 6) is 0. The van der Waals surface area contributed by atoms with Gasteiger partial charge >= 0.3 is 0 Å². The first-order chi connectivity index (χ1) is 7.75. The summed E-state index contributed by atoms with van der Waals surface area (Å²) in [6.45, 7) is 4.00. The summed E-state index contributed by atoms with van der Waals surface area (Å²) in [5.41, 5.74) is 3.98. The second-order valence-corrected chi connectivity index (χ2v) is 4.05. The summed E-state index contributed by atoms with van der Waals surface area (Å²) in [4.78, 5) is 9.20. The zero-order valence-corrected chi connectivity index (χ0v) is 9.36. The van der Waals surface area contributed by atoms with Gasteiger partial charge < -0.3 is 0 Å². The number of hydrogen-bond donors (Lipinski definition) is 0. The van der Waals surface area contributed by atoms with Gasteiger partial charge in [-0.25, -0.2) is 9.97 Å². The molecule has 78 valence electrons. The van der Waals surface area contributed by atoms with E-state index in [4.69, 9.17) is 0 Å². The van der Waals surface area contributed by atoms with E-state index in [0.29, 0.717) is 0 Å². The van der Waals surface area contributed by atoms with Crippen molar-refractivity contribution in [2.75, 3.05) is 0 Å². The van der Waals surface area contributed by atoms with Gasteiger partial charge in [-0.05, 0) is 25.3 Å². The molecule has 0 N–H and O–H groups in total. The van der Waals surface area contributed by atoms with Crippen LogP contribution in [0.3, 0.4) is 0 Å². The molecule has 0 saturated carbocycles. The average molecular weight is 208 g/mol.